The molecular weight excluding hydrogens is 302 g/mol. The molecule has 0 bridgehead atoms. The van der Waals surface area contributed by atoms with Crippen LogP contribution in [0.25, 0.3) is 0 Å². The first-order valence-corrected chi connectivity index (χ1v) is 7.84. The standard InChI is InChI=1S/C19H21N3O2/c1-19(2)15-11-13(7-10-16(15)21-18(19)24)20-17(23)12-5-8-14(9-6-12)22(3)4/h5-11H,1-4H3,(H,20,23)(H,21,24). The van der Waals surface area contributed by atoms with Gasteiger partial charge in [0.25, 0.3) is 5.91 Å². The largest absolute Gasteiger partial charge is 0.378 e. The normalized spacial score (nSPS) is 14.8. The third-order valence-electron chi connectivity index (χ3n) is 4.41. The quantitative estimate of drug-likeness (QED) is 0.911. The summed E-state index contributed by atoms with van der Waals surface area (Å²) in [4.78, 5) is 26.4. The number of hydrogen-bond acceptors (Lipinski definition) is 3. The lowest BCUT2D eigenvalue weighted by atomic mass is 9.86. The van der Waals surface area contributed by atoms with Crippen LogP contribution in [0.1, 0.15) is 29.8 Å². The van der Waals surface area contributed by atoms with Gasteiger partial charge in [0, 0.05) is 36.7 Å². The lowest BCUT2D eigenvalue weighted by molar-refractivity contribution is -0.119. The van der Waals surface area contributed by atoms with Gasteiger partial charge < -0.3 is 15.5 Å². The molecule has 0 saturated heterocycles. The molecule has 0 aromatic heterocycles. The Kier molecular flexibility index (Phi) is 3.79. The minimum Gasteiger partial charge on any atom is -0.378 e. The van der Waals surface area contributed by atoms with Crippen molar-refractivity contribution in [2.45, 2.75) is 19.3 Å². The summed E-state index contributed by atoms with van der Waals surface area (Å²) in [6, 6.07) is 12.9. The Hall–Kier alpha value is -2.82. The van der Waals surface area contributed by atoms with Crippen molar-refractivity contribution in [1.29, 1.82) is 0 Å². The number of nitrogens with one attached hydrogen (secondary N) is 2. The molecule has 5 heteroatoms. The van der Waals surface area contributed by atoms with Crippen LogP contribution in [-0.2, 0) is 10.2 Å². The first-order chi connectivity index (χ1) is 11.3. The van der Waals surface area contributed by atoms with Gasteiger partial charge in [-0.3, -0.25) is 9.59 Å². The summed E-state index contributed by atoms with van der Waals surface area (Å²) in [7, 11) is 3.91. The number of amides is 2. The summed E-state index contributed by atoms with van der Waals surface area (Å²) in [5.74, 6) is -0.199. The van der Waals surface area contributed by atoms with Crippen LogP contribution in [0.15, 0.2) is 42.5 Å². The van der Waals surface area contributed by atoms with E-state index in [0.717, 1.165) is 16.9 Å². The number of hydrogen-bond donors (Lipinski definition) is 2. The highest BCUT2D eigenvalue weighted by atomic mass is 16.2. The first kappa shape index (κ1) is 16.1. The molecule has 5 nitrogen and oxygen atoms in total. The Bertz CT molecular complexity index is 808. The van der Waals surface area contributed by atoms with Crippen LogP contribution in [0.4, 0.5) is 17.1 Å². The monoisotopic (exact) mass is 323 g/mol. The van der Waals surface area contributed by atoms with Crippen LogP contribution in [0.2, 0.25) is 0 Å². The molecule has 3 rings (SSSR count). The van der Waals surface area contributed by atoms with Crippen molar-refractivity contribution in [3.05, 3.63) is 53.6 Å². The third kappa shape index (κ3) is 2.73. The predicted molar refractivity (Wildman–Crippen MR) is 96.8 cm³/mol. The van der Waals surface area contributed by atoms with Gasteiger partial charge in [-0.05, 0) is 61.9 Å². The molecule has 2 amide bonds. The van der Waals surface area contributed by atoms with E-state index in [1.54, 1.807) is 18.2 Å². The molecule has 1 heterocycles. The molecule has 2 aromatic rings. The zero-order valence-electron chi connectivity index (χ0n) is 14.3. The maximum atomic E-state index is 12.4. The topological polar surface area (TPSA) is 61.4 Å². The van der Waals surface area contributed by atoms with E-state index in [-0.39, 0.29) is 11.8 Å². The zero-order valence-corrected chi connectivity index (χ0v) is 14.3. The lowest BCUT2D eigenvalue weighted by Gasteiger charge is -2.16. The second kappa shape index (κ2) is 5.67. The maximum Gasteiger partial charge on any atom is 0.255 e. The molecule has 2 N–H and O–H groups in total. The van der Waals surface area contributed by atoms with Crippen molar-refractivity contribution in [1.82, 2.24) is 0 Å². The van der Waals surface area contributed by atoms with Crippen LogP contribution >= 0.6 is 0 Å². The summed E-state index contributed by atoms with van der Waals surface area (Å²) in [6.45, 7) is 3.75. The van der Waals surface area contributed by atoms with Gasteiger partial charge in [0.2, 0.25) is 5.91 Å². The van der Waals surface area contributed by atoms with Gasteiger partial charge >= 0.3 is 0 Å². The molecule has 24 heavy (non-hydrogen) atoms. The summed E-state index contributed by atoms with van der Waals surface area (Å²) in [5.41, 5.74) is 3.42. The van der Waals surface area contributed by atoms with Crippen molar-refractivity contribution < 1.29 is 9.59 Å². The Labute approximate surface area is 141 Å². The summed E-state index contributed by atoms with van der Waals surface area (Å²) in [6.07, 6.45) is 0. The average molecular weight is 323 g/mol. The molecule has 0 atom stereocenters. The summed E-state index contributed by atoms with van der Waals surface area (Å²) < 4.78 is 0. The van der Waals surface area contributed by atoms with Gasteiger partial charge in [0.15, 0.2) is 0 Å². The predicted octanol–water partition coefficient (Wildman–Crippen LogP) is 3.23. The van der Waals surface area contributed by atoms with Crippen molar-refractivity contribution in [3.63, 3.8) is 0 Å². The lowest BCUT2D eigenvalue weighted by Crippen LogP contribution is -2.26. The maximum absolute atomic E-state index is 12.4. The number of carbonyl (C=O) groups is 2. The minimum absolute atomic E-state index is 0.0275. The molecule has 1 aliphatic rings. The van der Waals surface area contributed by atoms with Crippen molar-refractivity contribution >= 4 is 28.9 Å². The highest BCUT2D eigenvalue weighted by Gasteiger charge is 2.38. The van der Waals surface area contributed by atoms with Gasteiger partial charge in [0.05, 0.1) is 5.41 Å². The number of carbonyl (C=O) groups excluding carboxylic acids is 2. The molecule has 124 valence electrons. The molecule has 0 radical (unpaired) electrons. The highest BCUT2D eigenvalue weighted by molar-refractivity contribution is 6.08. The van der Waals surface area contributed by atoms with Crippen molar-refractivity contribution in [3.8, 4) is 0 Å². The Morgan fingerprint density at radius 2 is 1.75 bits per heavy atom. The fraction of sp³-hybridized carbons (Fsp3) is 0.263. The molecule has 0 unspecified atom stereocenters. The van der Waals surface area contributed by atoms with Crippen molar-refractivity contribution in [2.75, 3.05) is 29.6 Å². The smallest absolute Gasteiger partial charge is 0.255 e. The first-order valence-electron chi connectivity index (χ1n) is 7.84. The van der Waals surface area contributed by atoms with E-state index in [1.807, 2.05) is 57.1 Å². The number of rotatable bonds is 3. The summed E-state index contributed by atoms with van der Waals surface area (Å²) in [5, 5.41) is 5.76. The van der Waals surface area contributed by atoms with Crippen molar-refractivity contribution in [2.24, 2.45) is 0 Å². The molecule has 0 saturated carbocycles. The number of fused-ring (bicyclic) bond motifs is 1. The molecular formula is C19H21N3O2. The van der Waals surface area contributed by atoms with Gasteiger partial charge in [-0.15, -0.1) is 0 Å². The molecule has 2 aromatic carbocycles. The summed E-state index contributed by atoms with van der Waals surface area (Å²) >= 11 is 0. The van der Waals surface area contributed by atoms with Crippen LogP contribution in [-0.4, -0.2) is 25.9 Å². The van der Waals surface area contributed by atoms with E-state index < -0.39 is 5.41 Å². The second-order valence-electron chi connectivity index (χ2n) is 6.73. The zero-order chi connectivity index (χ0) is 17.5. The Balaban J connectivity index is 1.81. The van der Waals surface area contributed by atoms with E-state index >= 15 is 0 Å². The van der Waals surface area contributed by atoms with Crippen LogP contribution in [0.3, 0.4) is 0 Å². The number of benzene rings is 2. The minimum atomic E-state index is -0.594. The van der Waals surface area contributed by atoms with Gasteiger partial charge in [-0.1, -0.05) is 0 Å². The fourth-order valence-corrected chi connectivity index (χ4v) is 2.76. The molecule has 0 fully saturated rings. The third-order valence-corrected chi connectivity index (χ3v) is 4.41. The van der Waals surface area contributed by atoms with Gasteiger partial charge in [0.1, 0.15) is 0 Å². The average Bonchev–Trinajstić information content (AvgIpc) is 2.77. The van der Waals surface area contributed by atoms with E-state index in [0.29, 0.717) is 11.3 Å². The molecule has 1 aliphatic heterocycles. The van der Waals surface area contributed by atoms with E-state index in [2.05, 4.69) is 10.6 Å². The van der Waals surface area contributed by atoms with Gasteiger partial charge in [-0.2, -0.15) is 0 Å². The second-order valence-corrected chi connectivity index (χ2v) is 6.73. The van der Waals surface area contributed by atoms with Crippen LogP contribution < -0.4 is 15.5 Å². The Morgan fingerprint density at radius 3 is 2.38 bits per heavy atom. The van der Waals surface area contributed by atoms with Crippen LogP contribution in [0, 0.1) is 0 Å². The number of anilines is 3. The van der Waals surface area contributed by atoms with E-state index in [9.17, 15) is 9.59 Å². The number of nitrogens with zero attached hydrogens (tertiary/aromatic N) is 1. The Morgan fingerprint density at radius 1 is 1.08 bits per heavy atom. The highest BCUT2D eigenvalue weighted by Crippen LogP contribution is 2.38. The van der Waals surface area contributed by atoms with Crippen LogP contribution in [0.5, 0.6) is 0 Å². The SMILES string of the molecule is CN(C)c1ccc(C(=O)Nc2ccc3c(c2)C(C)(C)C(=O)N3)cc1. The van der Waals surface area contributed by atoms with E-state index in [1.165, 1.54) is 0 Å². The molecule has 0 aliphatic carbocycles. The molecule has 0 spiro atoms. The fourth-order valence-electron chi connectivity index (χ4n) is 2.76. The van der Waals surface area contributed by atoms with E-state index in [4.69, 9.17) is 0 Å². The van der Waals surface area contributed by atoms with Gasteiger partial charge in [-0.25, -0.2) is 0 Å².